The quantitative estimate of drug-likeness (QED) is 0.339. The van der Waals surface area contributed by atoms with E-state index in [9.17, 15) is 9.18 Å². The lowest BCUT2D eigenvalue weighted by molar-refractivity contribution is 0.0950. The Balaban J connectivity index is 1.36. The van der Waals surface area contributed by atoms with Gasteiger partial charge in [0.1, 0.15) is 11.6 Å². The summed E-state index contributed by atoms with van der Waals surface area (Å²) in [7, 11) is 0. The number of nitrogens with one attached hydrogen (secondary N) is 3. The van der Waals surface area contributed by atoms with Crippen LogP contribution in [0.3, 0.4) is 0 Å². The monoisotopic (exact) mass is 472 g/mol. The number of rotatable bonds is 6. The lowest BCUT2D eigenvalue weighted by Crippen LogP contribution is -2.28. The zero-order valence-corrected chi connectivity index (χ0v) is 19.0. The zero-order chi connectivity index (χ0) is 24.2. The molecular weight excluding hydrogens is 447 g/mol. The van der Waals surface area contributed by atoms with Crippen LogP contribution in [0.2, 0.25) is 0 Å². The Morgan fingerprint density at radius 2 is 2.06 bits per heavy atom. The first kappa shape index (κ1) is 22.6. The Morgan fingerprint density at radius 1 is 1.17 bits per heavy atom. The predicted octanol–water partition coefficient (Wildman–Crippen LogP) is 3.05. The number of hydrogen-bond donors (Lipinski definition) is 4. The van der Waals surface area contributed by atoms with Crippen LogP contribution >= 0.6 is 0 Å². The molecular formula is C25H25FN8O. The number of piperidine rings is 1. The van der Waals surface area contributed by atoms with Crippen LogP contribution in [0.15, 0.2) is 54.7 Å². The van der Waals surface area contributed by atoms with E-state index >= 15 is 0 Å². The van der Waals surface area contributed by atoms with Crippen LogP contribution in [0.5, 0.6) is 0 Å². The first-order chi connectivity index (χ1) is 17.1. The summed E-state index contributed by atoms with van der Waals surface area (Å²) in [5.41, 5.74) is 8.57. The molecule has 1 aliphatic rings. The smallest absolute Gasteiger partial charge is 0.251 e. The number of aromatic nitrogens is 5. The first-order valence-electron chi connectivity index (χ1n) is 11.5. The van der Waals surface area contributed by atoms with Crippen molar-refractivity contribution in [3.8, 4) is 22.8 Å². The molecule has 4 aromatic rings. The number of carbonyl (C=O) groups is 1. The summed E-state index contributed by atoms with van der Waals surface area (Å²) in [5.74, 6) is 1.07. The molecule has 3 heterocycles. The summed E-state index contributed by atoms with van der Waals surface area (Å²) in [5, 5.41) is 14.7. The van der Waals surface area contributed by atoms with Gasteiger partial charge in [0.2, 0.25) is 0 Å². The molecule has 5 rings (SSSR count). The summed E-state index contributed by atoms with van der Waals surface area (Å²) >= 11 is 0. The Labute approximate surface area is 201 Å². The topological polar surface area (TPSA) is 134 Å². The number of nitrogens with two attached hydrogens (primary N) is 1. The molecule has 0 aliphatic carbocycles. The fraction of sp³-hybridized carbons (Fsp3) is 0.240. The number of halogens is 1. The number of nitrogen functional groups attached to an aromatic ring is 1. The van der Waals surface area contributed by atoms with E-state index in [1.54, 1.807) is 42.6 Å². The molecule has 0 bridgehead atoms. The molecule has 178 valence electrons. The van der Waals surface area contributed by atoms with Crippen LogP contribution in [0.4, 0.5) is 10.2 Å². The van der Waals surface area contributed by atoms with Gasteiger partial charge in [-0.3, -0.25) is 4.79 Å². The van der Waals surface area contributed by atoms with Crippen molar-refractivity contribution in [3.63, 3.8) is 0 Å². The number of hydrogen-bond acceptors (Lipinski definition) is 7. The number of amides is 1. The van der Waals surface area contributed by atoms with Crippen molar-refractivity contribution < 1.29 is 9.18 Å². The normalized spacial score (nSPS) is 15.6. The lowest BCUT2D eigenvalue weighted by Gasteiger charge is -2.20. The van der Waals surface area contributed by atoms with E-state index in [1.165, 1.54) is 6.07 Å². The van der Waals surface area contributed by atoms with Crippen molar-refractivity contribution in [2.75, 3.05) is 18.8 Å². The minimum Gasteiger partial charge on any atom is -0.382 e. The first-order valence-corrected chi connectivity index (χ1v) is 11.5. The highest BCUT2D eigenvalue weighted by Gasteiger charge is 2.21. The van der Waals surface area contributed by atoms with Gasteiger partial charge in [0.15, 0.2) is 17.3 Å². The molecule has 5 N–H and O–H groups in total. The molecule has 35 heavy (non-hydrogen) atoms. The van der Waals surface area contributed by atoms with Gasteiger partial charge in [-0.1, -0.05) is 30.3 Å². The average molecular weight is 473 g/mol. The predicted molar refractivity (Wildman–Crippen MR) is 130 cm³/mol. The summed E-state index contributed by atoms with van der Waals surface area (Å²) in [6, 6.07) is 13.3. The van der Waals surface area contributed by atoms with Crippen molar-refractivity contribution in [3.05, 3.63) is 77.5 Å². The maximum atomic E-state index is 13.9. The van der Waals surface area contributed by atoms with Crippen LogP contribution < -0.4 is 16.4 Å². The SMILES string of the molecule is Nc1ncc(-c2cccc(C(=O)NCc3ccccc3F)c2)nc1-c1nnc([C@H]2CCCNC2)[nH]1. The fourth-order valence-corrected chi connectivity index (χ4v) is 4.10. The standard InChI is InChI=1S/C25H25FN8O/c26-19-9-2-1-5-17(19)13-30-25(35)16-7-3-6-15(11-16)20-14-29-22(27)21(31-20)24-32-23(33-34-24)18-8-4-10-28-12-18/h1-3,5-7,9,11,14,18,28H,4,8,10,12-13H2,(H2,27,29)(H,30,35)(H,32,33,34)/t18-/m0/s1. The molecule has 1 aliphatic heterocycles. The van der Waals surface area contributed by atoms with Gasteiger partial charge >= 0.3 is 0 Å². The van der Waals surface area contributed by atoms with Gasteiger partial charge in [-0.15, -0.1) is 10.2 Å². The lowest BCUT2D eigenvalue weighted by atomic mass is 9.99. The third kappa shape index (κ3) is 5.02. The maximum absolute atomic E-state index is 13.9. The molecule has 2 aromatic heterocycles. The van der Waals surface area contributed by atoms with Gasteiger partial charge in [-0.2, -0.15) is 0 Å². The number of anilines is 1. The van der Waals surface area contributed by atoms with Gasteiger partial charge < -0.3 is 21.4 Å². The number of H-pyrrole nitrogens is 1. The van der Waals surface area contributed by atoms with Crippen molar-refractivity contribution in [1.82, 2.24) is 35.8 Å². The van der Waals surface area contributed by atoms with Gasteiger partial charge in [-0.25, -0.2) is 14.4 Å². The maximum Gasteiger partial charge on any atom is 0.251 e. The fourth-order valence-electron chi connectivity index (χ4n) is 4.10. The third-order valence-corrected chi connectivity index (χ3v) is 6.03. The third-order valence-electron chi connectivity index (χ3n) is 6.03. The second-order valence-electron chi connectivity index (χ2n) is 8.45. The van der Waals surface area contributed by atoms with E-state index in [4.69, 9.17) is 5.73 Å². The van der Waals surface area contributed by atoms with Crippen molar-refractivity contribution >= 4 is 11.7 Å². The van der Waals surface area contributed by atoms with E-state index in [2.05, 4.69) is 35.8 Å². The van der Waals surface area contributed by atoms with Crippen LogP contribution in [-0.4, -0.2) is 44.1 Å². The Morgan fingerprint density at radius 3 is 2.89 bits per heavy atom. The molecule has 1 atom stereocenters. The van der Waals surface area contributed by atoms with Gasteiger partial charge in [-0.05, 0) is 37.6 Å². The molecule has 0 spiro atoms. The van der Waals surface area contributed by atoms with Crippen molar-refractivity contribution in [1.29, 1.82) is 0 Å². The molecule has 1 fully saturated rings. The highest BCUT2D eigenvalue weighted by Crippen LogP contribution is 2.26. The van der Waals surface area contributed by atoms with E-state index in [0.29, 0.717) is 33.9 Å². The molecule has 2 aromatic carbocycles. The van der Waals surface area contributed by atoms with Crippen LogP contribution in [0.25, 0.3) is 22.8 Å². The van der Waals surface area contributed by atoms with Gasteiger partial charge in [0.05, 0.1) is 11.9 Å². The number of aromatic amines is 1. The molecule has 9 nitrogen and oxygen atoms in total. The van der Waals surface area contributed by atoms with E-state index in [-0.39, 0.29) is 30.0 Å². The second-order valence-corrected chi connectivity index (χ2v) is 8.45. The minimum absolute atomic E-state index is 0.0892. The largest absolute Gasteiger partial charge is 0.382 e. The van der Waals surface area contributed by atoms with Gasteiger partial charge in [0.25, 0.3) is 5.91 Å². The number of nitrogens with zero attached hydrogens (tertiary/aromatic N) is 4. The number of benzene rings is 2. The van der Waals surface area contributed by atoms with E-state index in [1.807, 2.05) is 6.07 Å². The number of carbonyl (C=O) groups excluding carboxylic acids is 1. The van der Waals surface area contributed by atoms with Crippen molar-refractivity contribution in [2.45, 2.75) is 25.3 Å². The summed E-state index contributed by atoms with van der Waals surface area (Å²) in [6.07, 6.45) is 3.68. The van der Waals surface area contributed by atoms with E-state index in [0.717, 1.165) is 31.8 Å². The zero-order valence-electron chi connectivity index (χ0n) is 19.0. The molecule has 0 radical (unpaired) electrons. The van der Waals surface area contributed by atoms with Crippen molar-refractivity contribution in [2.24, 2.45) is 0 Å². The minimum atomic E-state index is -0.360. The average Bonchev–Trinajstić information content (AvgIpc) is 3.39. The van der Waals surface area contributed by atoms with Gasteiger partial charge in [0, 0.05) is 35.7 Å². The summed E-state index contributed by atoms with van der Waals surface area (Å²) < 4.78 is 13.9. The highest BCUT2D eigenvalue weighted by atomic mass is 19.1. The Kier molecular flexibility index (Phi) is 6.44. The van der Waals surface area contributed by atoms with Crippen LogP contribution in [-0.2, 0) is 6.54 Å². The molecule has 1 amide bonds. The van der Waals surface area contributed by atoms with Crippen LogP contribution in [0, 0.1) is 5.82 Å². The summed E-state index contributed by atoms with van der Waals surface area (Å²) in [6.45, 7) is 1.95. The molecule has 10 heteroatoms. The van der Waals surface area contributed by atoms with E-state index < -0.39 is 0 Å². The second kappa shape index (κ2) is 9.98. The Bertz CT molecular complexity index is 1350. The Hall–Kier alpha value is -4.18. The summed E-state index contributed by atoms with van der Waals surface area (Å²) in [4.78, 5) is 24.9. The van der Waals surface area contributed by atoms with Crippen LogP contribution in [0.1, 0.15) is 40.5 Å². The molecule has 0 saturated carbocycles. The highest BCUT2D eigenvalue weighted by molar-refractivity contribution is 5.95. The molecule has 0 unspecified atom stereocenters. The molecule has 1 saturated heterocycles.